The first kappa shape index (κ1) is 20.9. The minimum atomic E-state index is -0.526. The Morgan fingerprint density at radius 2 is 2.03 bits per heavy atom. The third-order valence-electron chi connectivity index (χ3n) is 5.30. The van der Waals surface area contributed by atoms with Crippen LogP contribution in [0.2, 0.25) is 0 Å². The average Bonchev–Trinajstić information content (AvgIpc) is 3.11. The second-order valence-corrected chi connectivity index (χ2v) is 8.88. The first-order valence-corrected chi connectivity index (χ1v) is 10.4. The Bertz CT molecular complexity index is 1070. The van der Waals surface area contributed by atoms with Crippen molar-refractivity contribution in [2.75, 3.05) is 19.6 Å². The van der Waals surface area contributed by atoms with Crippen LogP contribution in [0.15, 0.2) is 24.3 Å². The Morgan fingerprint density at radius 3 is 2.77 bits per heavy atom. The number of carbonyl (C=O) groups excluding carboxylic acids is 3. The van der Waals surface area contributed by atoms with E-state index in [0.29, 0.717) is 32.6 Å². The van der Waals surface area contributed by atoms with E-state index in [9.17, 15) is 14.4 Å². The minimum Gasteiger partial charge on any atom is -0.444 e. The van der Waals surface area contributed by atoms with Crippen LogP contribution in [-0.2, 0) is 16.1 Å². The zero-order chi connectivity index (χ0) is 22.2. The van der Waals surface area contributed by atoms with Crippen molar-refractivity contribution in [2.45, 2.75) is 45.8 Å². The van der Waals surface area contributed by atoms with Gasteiger partial charge < -0.3 is 14.5 Å². The zero-order valence-corrected chi connectivity index (χ0v) is 18.0. The van der Waals surface area contributed by atoms with Crippen molar-refractivity contribution in [2.24, 2.45) is 0 Å². The maximum absolute atomic E-state index is 12.4. The highest BCUT2D eigenvalue weighted by Crippen LogP contribution is 2.27. The number of amides is 4. The minimum absolute atomic E-state index is 0.249. The number of nitrogens with one attached hydrogen (secondary N) is 2. The van der Waals surface area contributed by atoms with E-state index >= 15 is 0 Å². The van der Waals surface area contributed by atoms with Gasteiger partial charge in [-0.1, -0.05) is 18.2 Å². The van der Waals surface area contributed by atoms with Crippen LogP contribution >= 0.6 is 0 Å². The van der Waals surface area contributed by atoms with Crippen molar-refractivity contribution in [3.05, 3.63) is 35.5 Å². The number of rotatable bonds is 3. The van der Waals surface area contributed by atoms with Crippen molar-refractivity contribution in [3.8, 4) is 0 Å². The van der Waals surface area contributed by atoms with Gasteiger partial charge in [-0.15, -0.1) is 0 Å². The van der Waals surface area contributed by atoms with Crippen molar-refractivity contribution in [1.29, 1.82) is 0 Å². The van der Waals surface area contributed by atoms with Gasteiger partial charge in [0.25, 0.3) is 0 Å². The average molecular weight is 425 g/mol. The van der Waals surface area contributed by atoms with E-state index in [0.717, 1.165) is 34.2 Å². The number of H-pyrrole nitrogens is 1. The summed E-state index contributed by atoms with van der Waals surface area (Å²) in [6, 6.07) is 5.58. The summed E-state index contributed by atoms with van der Waals surface area (Å²) in [6.45, 7) is 7.44. The standard InChI is InChI=1S/C22H27N5O4/c1-22(2,3)31-21(30)27-9-4-5-15(12-27)14-6-7-16-17(11-14)24-25-18(16)13-26-10-8-19(28)23-20(26)29/h5-7,11H,4,8-10,12-13H2,1-3H3,(H,24,25)(H,23,28,29). The van der Waals surface area contributed by atoms with Crippen LogP contribution in [0.25, 0.3) is 16.5 Å². The topological polar surface area (TPSA) is 108 Å². The third kappa shape index (κ3) is 4.70. The number of urea groups is 1. The molecule has 4 rings (SSSR count). The van der Waals surface area contributed by atoms with Gasteiger partial charge in [0.15, 0.2) is 0 Å². The van der Waals surface area contributed by atoms with Crippen LogP contribution in [0, 0.1) is 0 Å². The number of hydrogen-bond acceptors (Lipinski definition) is 5. The van der Waals surface area contributed by atoms with Gasteiger partial charge in [0, 0.05) is 31.4 Å². The Hall–Kier alpha value is -3.36. The summed E-state index contributed by atoms with van der Waals surface area (Å²) in [5.41, 5.74) is 3.13. The lowest BCUT2D eigenvalue weighted by Crippen LogP contribution is -2.48. The second-order valence-electron chi connectivity index (χ2n) is 8.88. The maximum atomic E-state index is 12.4. The molecule has 0 bridgehead atoms. The highest BCUT2D eigenvalue weighted by molar-refractivity contribution is 5.96. The second kappa shape index (κ2) is 8.05. The molecule has 0 radical (unpaired) electrons. The number of imide groups is 1. The molecule has 1 fully saturated rings. The molecule has 1 saturated heterocycles. The van der Waals surface area contributed by atoms with Crippen LogP contribution in [0.4, 0.5) is 9.59 Å². The molecular formula is C22H27N5O4. The highest BCUT2D eigenvalue weighted by Gasteiger charge is 2.26. The summed E-state index contributed by atoms with van der Waals surface area (Å²) in [6.07, 6.45) is 2.90. The molecule has 2 N–H and O–H groups in total. The van der Waals surface area contributed by atoms with Gasteiger partial charge in [-0.25, -0.2) is 9.59 Å². The van der Waals surface area contributed by atoms with Crippen LogP contribution < -0.4 is 5.32 Å². The SMILES string of the molecule is CC(C)(C)OC(=O)N1CCC=C(c2ccc3c(CN4CCC(=O)NC4=O)[nH]nc3c2)C1. The molecule has 0 aliphatic carbocycles. The number of benzene rings is 1. The number of hydrogen-bond donors (Lipinski definition) is 2. The number of nitrogens with zero attached hydrogens (tertiary/aromatic N) is 3. The molecule has 0 unspecified atom stereocenters. The molecule has 164 valence electrons. The summed E-state index contributed by atoms with van der Waals surface area (Å²) in [4.78, 5) is 39.1. The largest absolute Gasteiger partial charge is 0.444 e. The van der Waals surface area contributed by atoms with Crippen molar-refractivity contribution in [3.63, 3.8) is 0 Å². The summed E-state index contributed by atoms with van der Waals surface area (Å²) >= 11 is 0. The van der Waals surface area contributed by atoms with Gasteiger partial charge in [-0.3, -0.25) is 15.2 Å². The van der Waals surface area contributed by atoms with E-state index in [4.69, 9.17) is 4.74 Å². The van der Waals surface area contributed by atoms with Gasteiger partial charge in [-0.05, 0) is 44.4 Å². The van der Waals surface area contributed by atoms with Crippen LogP contribution in [0.3, 0.4) is 0 Å². The van der Waals surface area contributed by atoms with Crippen LogP contribution in [0.1, 0.15) is 44.9 Å². The lowest BCUT2D eigenvalue weighted by molar-refractivity contribution is -0.121. The Balaban J connectivity index is 1.49. The van der Waals surface area contributed by atoms with Gasteiger partial charge in [0.2, 0.25) is 5.91 Å². The summed E-state index contributed by atoms with van der Waals surface area (Å²) in [5.74, 6) is -0.249. The highest BCUT2D eigenvalue weighted by atomic mass is 16.6. The fraction of sp³-hybridized carbons (Fsp3) is 0.455. The van der Waals surface area contributed by atoms with Crippen LogP contribution in [0.5, 0.6) is 0 Å². The Morgan fingerprint density at radius 1 is 1.23 bits per heavy atom. The molecule has 9 nitrogen and oxygen atoms in total. The molecule has 2 aliphatic heterocycles. The summed E-state index contributed by atoms with van der Waals surface area (Å²) in [5, 5.41) is 10.7. The van der Waals surface area contributed by atoms with E-state index in [1.807, 2.05) is 39.0 Å². The lowest BCUT2D eigenvalue weighted by Gasteiger charge is -2.30. The van der Waals surface area contributed by atoms with E-state index in [1.165, 1.54) is 0 Å². The first-order valence-electron chi connectivity index (χ1n) is 10.4. The molecule has 31 heavy (non-hydrogen) atoms. The molecule has 1 aromatic carbocycles. The maximum Gasteiger partial charge on any atom is 0.410 e. The van der Waals surface area contributed by atoms with Crippen molar-refractivity contribution >= 4 is 34.5 Å². The molecule has 1 aromatic heterocycles. The van der Waals surface area contributed by atoms with E-state index in [1.54, 1.807) is 9.80 Å². The lowest BCUT2D eigenvalue weighted by atomic mass is 10.00. The van der Waals surface area contributed by atoms with E-state index in [-0.39, 0.29) is 18.0 Å². The van der Waals surface area contributed by atoms with E-state index < -0.39 is 5.60 Å². The molecule has 4 amide bonds. The molecule has 2 aromatic rings. The number of ether oxygens (including phenoxy) is 1. The van der Waals surface area contributed by atoms with E-state index in [2.05, 4.69) is 21.6 Å². The molecule has 3 heterocycles. The number of aromatic nitrogens is 2. The summed E-state index contributed by atoms with van der Waals surface area (Å²) < 4.78 is 5.51. The predicted molar refractivity (Wildman–Crippen MR) is 115 cm³/mol. The monoisotopic (exact) mass is 425 g/mol. The summed E-state index contributed by atoms with van der Waals surface area (Å²) in [7, 11) is 0. The van der Waals surface area contributed by atoms with Gasteiger partial charge >= 0.3 is 12.1 Å². The normalized spacial score (nSPS) is 17.6. The third-order valence-corrected chi connectivity index (χ3v) is 5.30. The molecule has 0 atom stereocenters. The first-order chi connectivity index (χ1) is 14.7. The number of carbonyl (C=O) groups is 3. The zero-order valence-electron chi connectivity index (χ0n) is 18.0. The fourth-order valence-electron chi connectivity index (χ4n) is 3.76. The van der Waals surface area contributed by atoms with Crippen molar-refractivity contribution < 1.29 is 19.1 Å². The molecule has 0 spiro atoms. The molecule has 0 saturated carbocycles. The number of aromatic amines is 1. The fourth-order valence-corrected chi connectivity index (χ4v) is 3.76. The quantitative estimate of drug-likeness (QED) is 0.786. The predicted octanol–water partition coefficient (Wildman–Crippen LogP) is 3.03. The van der Waals surface area contributed by atoms with Crippen molar-refractivity contribution in [1.82, 2.24) is 25.3 Å². The van der Waals surface area contributed by atoms with Gasteiger partial charge in [0.1, 0.15) is 5.60 Å². The van der Waals surface area contributed by atoms with Gasteiger partial charge in [0.05, 0.1) is 17.8 Å². The number of fused-ring (bicyclic) bond motifs is 1. The molecule has 9 heteroatoms. The molecular weight excluding hydrogens is 398 g/mol. The van der Waals surface area contributed by atoms with Crippen LogP contribution in [-0.4, -0.2) is 63.3 Å². The molecule has 2 aliphatic rings. The Kier molecular flexibility index (Phi) is 5.43. The van der Waals surface area contributed by atoms with Gasteiger partial charge in [-0.2, -0.15) is 5.10 Å². The smallest absolute Gasteiger partial charge is 0.410 e. The Labute approximate surface area is 180 Å².